The first-order chi connectivity index (χ1) is 7.18. The molecule has 0 aliphatic carbocycles. The van der Waals surface area contributed by atoms with Gasteiger partial charge in [0, 0.05) is 24.9 Å². The summed E-state index contributed by atoms with van der Waals surface area (Å²) in [6.45, 7) is 7.63. The van der Waals surface area contributed by atoms with Gasteiger partial charge in [-0.05, 0) is 6.92 Å². The molecule has 1 aromatic heterocycles. The maximum Gasteiger partial charge on any atom is 0.227 e. The summed E-state index contributed by atoms with van der Waals surface area (Å²) in [5, 5.41) is 7.12. The van der Waals surface area contributed by atoms with Gasteiger partial charge in [-0.25, -0.2) is 0 Å². The van der Waals surface area contributed by atoms with Crippen LogP contribution in [0.2, 0.25) is 0 Å². The van der Waals surface area contributed by atoms with Crippen molar-refractivity contribution in [3.8, 4) is 0 Å². The van der Waals surface area contributed by atoms with Gasteiger partial charge in [-0.2, -0.15) is 4.98 Å². The van der Waals surface area contributed by atoms with E-state index in [0.29, 0.717) is 17.1 Å². The van der Waals surface area contributed by atoms with Crippen LogP contribution in [-0.2, 0) is 11.2 Å². The number of nitrogens with one attached hydrogen (secondary N) is 1. The van der Waals surface area contributed by atoms with Gasteiger partial charge in [0.15, 0.2) is 5.82 Å². The maximum absolute atomic E-state index is 5.18. The van der Waals surface area contributed by atoms with Crippen LogP contribution in [-0.4, -0.2) is 36.4 Å². The normalized spacial score (nSPS) is 18.8. The lowest BCUT2D eigenvalue weighted by Gasteiger charge is -2.38. The predicted octanol–water partition coefficient (Wildman–Crippen LogP) is 0.547. The van der Waals surface area contributed by atoms with Crippen molar-refractivity contribution < 1.29 is 9.26 Å². The molecule has 15 heavy (non-hydrogen) atoms. The van der Waals surface area contributed by atoms with Crippen LogP contribution in [0.3, 0.4) is 0 Å². The summed E-state index contributed by atoms with van der Waals surface area (Å²) in [5.41, 5.74) is 0.324. The molecule has 84 valence electrons. The van der Waals surface area contributed by atoms with Crippen LogP contribution in [0.4, 0.5) is 0 Å². The minimum atomic E-state index is 0.324. The molecule has 0 aromatic carbocycles. The van der Waals surface area contributed by atoms with Crippen LogP contribution >= 0.6 is 0 Å². The number of ether oxygens (including phenoxy) is 1. The van der Waals surface area contributed by atoms with E-state index >= 15 is 0 Å². The fraction of sp³-hybridized carbons (Fsp3) is 0.800. The Morgan fingerprint density at radius 3 is 2.80 bits per heavy atom. The summed E-state index contributed by atoms with van der Waals surface area (Å²) >= 11 is 0. The summed E-state index contributed by atoms with van der Waals surface area (Å²) in [4.78, 5) is 4.14. The summed E-state index contributed by atoms with van der Waals surface area (Å²) < 4.78 is 10.2. The zero-order valence-corrected chi connectivity index (χ0v) is 9.25. The number of aromatic nitrogens is 2. The third-order valence-electron chi connectivity index (χ3n) is 2.54. The Kier molecular flexibility index (Phi) is 3.02. The quantitative estimate of drug-likeness (QED) is 0.720. The van der Waals surface area contributed by atoms with E-state index in [1.807, 2.05) is 6.92 Å². The molecule has 0 bridgehead atoms. The Hall–Kier alpha value is -0.940. The number of hydrogen-bond acceptors (Lipinski definition) is 5. The largest absolute Gasteiger partial charge is 0.380 e. The Morgan fingerprint density at radius 2 is 2.27 bits per heavy atom. The third kappa shape index (κ3) is 2.76. The summed E-state index contributed by atoms with van der Waals surface area (Å²) in [6.07, 6.45) is 0.789. The topological polar surface area (TPSA) is 60.2 Å². The molecule has 0 amide bonds. The molecule has 0 atom stereocenters. The standard InChI is InChI=1S/C10H17N3O2/c1-8-12-9(15-13-8)3-4-11-5-10(2)6-14-7-10/h11H,3-7H2,1-2H3. The molecule has 0 saturated carbocycles. The lowest BCUT2D eigenvalue weighted by Crippen LogP contribution is -2.47. The molecular weight excluding hydrogens is 194 g/mol. The first-order valence-electron chi connectivity index (χ1n) is 5.26. The van der Waals surface area contributed by atoms with Crippen molar-refractivity contribution in [3.05, 3.63) is 11.7 Å². The average molecular weight is 211 g/mol. The Balaban J connectivity index is 1.63. The molecule has 1 aliphatic heterocycles. The Labute approximate surface area is 89.2 Å². The molecular formula is C10H17N3O2. The molecule has 5 heteroatoms. The van der Waals surface area contributed by atoms with Gasteiger partial charge < -0.3 is 14.6 Å². The van der Waals surface area contributed by atoms with Crippen LogP contribution in [0.15, 0.2) is 4.52 Å². The van der Waals surface area contributed by atoms with Gasteiger partial charge in [0.2, 0.25) is 5.89 Å². The lowest BCUT2D eigenvalue weighted by molar-refractivity contribution is -0.0989. The highest BCUT2D eigenvalue weighted by molar-refractivity contribution is 4.85. The van der Waals surface area contributed by atoms with Crippen LogP contribution < -0.4 is 5.32 Å². The van der Waals surface area contributed by atoms with E-state index < -0.39 is 0 Å². The van der Waals surface area contributed by atoms with E-state index in [9.17, 15) is 0 Å². The third-order valence-corrected chi connectivity index (χ3v) is 2.54. The van der Waals surface area contributed by atoms with E-state index in [0.717, 1.165) is 32.7 Å². The second kappa shape index (κ2) is 4.28. The van der Waals surface area contributed by atoms with Gasteiger partial charge in [-0.15, -0.1) is 0 Å². The second-order valence-electron chi connectivity index (χ2n) is 4.47. The fourth-order valence-electron chi connectivity index (χ4n) is 1.58. The van der Waals surface area contributed by atoms with Crippen molar-refractivity contribution in [1.82, 2.24) is 15.5 Å². The fourth-order valence-corrected chi connectivity index (χ4v) is 1.58. The number of nitrogens with zero attached hydrogens (tertiary/aromatic N) is 2. The van der Waals surface area contributed by atoms with Gasteiger partial charge >= 0.3 is 0 Å². The average Bonchev–Trinajstić information content (AvgIpc) is 2.56. The van der Waals surface area contributed by atoms with Crippen LogP contribution in [0.5, 0.6) is 0 Å². The number of hydrogen-bond donors (Lipinski definition) is 1. The van der Waals surface area contributed by atoms with Crippen LogP contribution in [0, 0.1) is 12.3 Å². The molecule has 1 N–H and O–H groups in total. The summed E-state index contributed by atoms with van der Waals surface area (Å²) in [7, 11) is 0. The molecule has 0 radical (unpaired) electrons. The highest BCUT2D eigenvalue weighted by Crippen LogP contribution is 2.24. The monoisotopic (exact) mass is 211 g/mol. The zero-order chi connectivity index (χ0) is 10.7. The molecule has 2 heterocycles. The second-order valence-corrected chi connectivity index (χ2v) is 4.47. The summed E-state index contributed by atoms with van der Waals surface area (Å²) in [6, 6.07) is 0. The molecule has 0 unspecified atom stereocenters. The van der Waals surface area contributed by atoms with Crippen molar-refractivity contribution in [2.75, 3.05) is 26.3 Å². The number of aryl methyl sites for hydroxylation is 1. The van der Waals surface area contributed by atoms with Crippen molar-refractivity contribution in [1.29, 1.82) is 0 Å². The molecule has 1 aliphatic rings. The minimum absolute atomic E-state index is 0.324. The first kappa shape index (κ1) is 10.6. The van der Waals surface area contributed by atoms with Gasteiger partial charge in [0.25, 0.3) is 0 Å². The molecule has 0 spiro atoms. The van der Waals surface area contributed by atoms with Crippen molar-refractivity contribution in [2.45, 2.75) is 20.3 Å². The molecule has 2 rings (SSSR count). The number of rotatable bonds is 5. The van der Waals surface area contributed by atoms with E-state index in [2.05, 4.69) is 22.4 Å². The van der Waals surface area contributed by atoms with E-state index in [4.69, 9.17) is 9.26 Å². The minimum Gasteiger partial charge on any atom is -0.380 e. The van der Waals surface area contributed by atoms with E-state index in [1.165, 1.54) is 0 Å². The van der Waals surface area contributed by atoms with Crippen molar-refractivity contribution in [3.63, 3.8) is 0 Å². The van der Waals surface area contributed by atoms with Crippen molar-refractivity contribution in [2.24, 2.45) is 5.41 Å². The highest BCUT2D eigenvalue weighted by atomic mass is 16.5. The smallest absolute Gasteiger partial charge is 0.227 e. The van der Waals surface area contributed by atoms with Crippen LogP contribution in [0.1, 0.15) is 18.6 Å². The van der Waals surface area contributed by atoms with Gasteiger partial charge in [0.1, 0.15) is 0 Å². The predicted molar refractivity (Wildman–Crippen MR) is 54.5 cm³/mol. The van der Waals surface area contributed by atoms with Gasteiger partial charge in [-0.3, -0.25) is 0 Å². The zero-order valence-electron chi connectivity index (χ0n) is 9.25. The van der Waals surface area contributed by atoms with Gasteiger partial charge in [0.05, 0.1) is 13.2 Å². The lowest BCUT2D eigenvalue weighted by atomic mass is 9.89. The molecule has 1 saturated heterocycles. The SMILES string of the molecule is Cc1noc(CCNCC2(C)COC2)n1. The van der Waals surface area contributed by atoms with E-state index in [1.54, 1.807) is 0 Å². The van der Waals surface area contributed by atoms with E-state index in [-0.39, 0.29) is 0 Å². The molecule has 5 nitrogen and oxygen atoms in total. The summed E-state index contributed by atoms with van der Waals surface area (Å²) in [5.74, 6) is 1.40. The Morgan fingerprint density at radius 1 is 1.47 bits per heavy atom. The Bertz CT molecular complexity index is 320. The molecule has 1 aromatic rings. The maximum atomic E-state index is 5.18. The molecule has 1 fully saturated rings. The van der Waals surface area contributed by atoms with Crippen LogP contribution in [0.25, 0.3) is 0 Å². The first-order valence-corrected chi connectivity index (χ1v) is 5.26. The van der Waals surface area contributed by atoms with Crippen molar-refractivity contribution >= 4 is 0 Å². The highest BCUT2D eigenvalue weighted by Gasteiger charge is 2.32. The van der Waals surface area contributed by atoms with Gasteiger partial charge in [-0.1, -0.05) is 12.1 Å².